The van der Waals surface area contributed by atoms with Crippen molar-refractivity contribution in [3.05, 3.63) is 35.4 Å². The molecule has 0 fully saturated rings. The molecule has 1 rings (SSSR count). The van der Waals surface area contributed by atoms with E-state index >= 15 is 0 Å². The van der Waals surface area contributed by atoms with E-state index in [0.29, 0.717) is 5.56 Å². The molecule has 1 atom stereocenters. The molecule has 1 aromatic rings. The Balaban J connectivity index is 2.89. The van der Waals surface area contributed by atoms with Crippen molar-refractivity contribution in [1.29, 1.82) is 0 Å². The molecule has 0 saturated heterocycles. The fourth-order valence-electron chi connectivity index (χ4n) is 1.65. The van der Waals surface area contributed by atoms with E-state index in [-0.39, 0.29) is 5.78 Å². The third-order valence-electron chi connectivity index (χ3n) is 2.77. The van der Waals surface area contributed by atoms with Crippen molar-refractivity contribution in [2.75, 3.05) is 6.61 Å². The minimum atomic E-state index is -4.25. The Morgan fingerprint density at radius 1 is 1.27 bits per heavy atom. The summed E-state index contributed by atoms with van der Waals surface area (Å²) in [6, 6.07) is 5.94. The first-order valence-electron chi connectivity index (χ1n) is 6.37. The van der Waals surface area contributed by atoms with Gasteiger partial charge in [-0.2, -0.15) is 13.1 Å². The van der Waals surface area contributed by atoms with Crippen molar-refractivity contribution in [3.63, 3.8) is 0 Å². The average Bonchev–Trinajstić information content (AvgIpc) is 2.42. The summed E-state index contributed by atoms with van der Waals surface area (Å²) in [7, 11) is -4.25. The summed E-state index contributed by atoms with van der Waals surface area (Å²) < 4.78 is 28.5. The van der Waals surface area contributed by atoms with Crippen molar-refractivity contribution in [2.24, 2.45) is 0 Å². The number of halogens is 3. The molecule has 1 unspecified atom stereocenters. The maximum absolute atomic E-state index is 11.8. The highest BCUT2D eigenvalue weighted by Crippen LogP contribution is 2.27. The van der Waals surface area contributed by atoms with E-state index in [4.69, 9.17) is 34.8 Å². The molecule has 5 nitrogen and oxygen atoms in total. The second-order valence-electron chi connectivity index (χ2n) is 4.59. The van der Waals surface area contributed by atoms with Crippen LogP contribution in [0.4, 0.5) is 0 Å². The highest BCUT2D eigenvalue weighted by Gasteiger charge is 2.28. The highest BCUT2D eigenvalue weighted by molar-refractivity contribution is 7.84. The minimum Gasteiger partial charge on any atom is -0.298 e. The molecule has 0 radical (unpaired) electrons. The van der Waals surface area contributed by atoms with E-state index in [1.165, 1.54) is 6.92 Å². The lowest BCUT2D eigenvalue weighted by molar-refractivity contribution is -0.118. The van der Waals surface area contributed by atoms with E-state index < -0.39 is 26.7 Å². The maximum Gasteiger partial charge on any atom is 0.336 e. The number of hydrogen-bond acceptors (Lipinski definition) is 4. The number of Topliss-reactive ketones (excluding diaryl/α,β-unsaturated/α-hetero) is 1. The van der Waals surface area contributed by atoms with Crippen LogP contribution in [-0.4, -0.2) is 24.6 Å². The molecule has 0 aliphatic carbocycles. The molecule has 1 N–H and O–H groups in total. The van der Waals surface area contributed by atoms with Crippen molar-refractivity contribution in [3.8, 4) is 0 Å². The summed E-state index contributed by atoms with van der Waals surface area (Å²) in [6.07, 6.45) is 0.836. The average molecular weight is 389 g/mol. The fourth-order valence-corrected chi connectivity index (χ4v) is 3.00. The second-order valence-corrected chi connectivity index (χ2v) is 8.48. The van der Waals surface area contributed by atoms with Gasteiger partial charge in [-0.25, -0.2) is 0 Å². The van der Waals surface area contributed by atoms with Crippen LogP contribution in [-0.2, 0) is 25.7 Å². The number of ketones is 1. The van der Waals surface area contributed by atoms with Crippen LogP contribution in [0.15, 0.2) is 24.3 Å². The molecule has 0 aliphatic rings. The van der Waals surface area contributed by atoms with Gasteiger partial charge >= 0.3 is 10.3 Å². The maximum atomic E-state index is 11.8. The second kappa shape index (κ2) is 7.95. The minimum absolute atomic E-state index is 0.384. The molecule has 0 bridgehead atoms. The van der Waals surface area contributed by atoms with Crippen molar-refractivity contribution in [1.82, 2.24) is 4.72 Å². The standard InChI is InChI=1S/C13H16Cl3NO4S/c1-3-10-4-6-11(7-5-10)12(9(2)18)17-22(19,20)21-8-13(14,15)16/h4-7,12,17H,3,8H2,1-2H3. The van der Waals surface area contributed by atoms with Crippen LogP contribution in [0.25, 0.3) is 0 Å². The number of aryl methyl sites for hydroxylation is 1. The van der Waals surface area contributed by atoms with E-state index in [9.17, 15) is 13.2 Å². The summed E-state index contributed by atoms with van der Waals surface area (Å²) in [6.45, 7) is 2.60. The van der Waals surface area contributed by atoms with Crippen LogP contribution < -0.4 is 4.72 Å². The van der Waals surface area contributed by atoms with Crippen LogP contribution >= 0.6 is 34.8 Å². The van der Waals surface area contributed by atoms with E-state index in [1.54, 1.807) is 12.1 Å². The lowest BCUT2D eigenvalue weighted by atomic mass is 10.0. The number of carbonyl (C=O) groups is 1. The normalized spacial score (nSPS) is 13.9. The molecule has 0 spiro atoms. The van der Waals surface area contributed by atoms with Gasteiger partial charge in [-0.15, -0.1) is 0 Å². The molecular weight excluding hydrogens is 373 g/mol. The fraction of sp³-hybridized carbons (Fsp3) is 0.462. The third kappa shape index (κ3) is 6.81. The van der Waals surface area contributed by atoms with E-state index in [1.807, 2.05) is 19.1 Å². The number of alkyl halides is 3. The molecule has 124 valence electrons. The lowest BCUT2D eigenvalue weighted by Gasteiger charge is -2.18. The quantitative estimate of drug-likeness (QED) is 0.729. The molecular formula is C13H16Cl3NO4S. The molecule has 0 heterocycles. The molecule has 0 amide bonds. The number of carbonyl (C=O) groups excluding carboxylic acids is 1. The summed E-state index contributed by atoms with van der Waals surface area (Å²) in [5.74, 6) is -0.384. The van der Waals surface area contributed by atoms with Gasteiger partial charge in [-0.3, -0.25) is 8.98 Å². The zero-order valence-corrected chi connectivity index (χ0v) is 15.1. The number of nitrogens with one attached hydrogen (secondary N) is 1. The number of hydrogen-bond donors (Lipinski definition) is 1. The van der Waals surface area contributed by atoms with Crippen LogP contribution in [0.3, 0.4) is 0 Å². The zero-order chi connectivity index (χ0) is 17.0. The van der Waals surface area contributed by atoms with Gasteiger partial charge in [0.05, 0.1) is 0 Å². The molecule has 0 aromatic heterocycles. The highest BCUT2D eigenvalue weighted by atomic mass is 35.6. The number of rotatable bonds is 7. The monoisotopic (exact) mass is 387 g/mol. The topological polar surface area (TPSA) is 72.5 Å². The lowest BCUT2D eigenvalue weighted by Crippen LogP contribution is -2.35. The van der Waals surface area contributed by atoms with Gasteiger partial charge < -0.3 is 0 Å². The molecule has 0 saturated carbocycles. The van der Waals surface area contributed by atoms with Gasteiger partial charge in [-0.05, 0) is 24.5 Å². The summed E-state index contributed by atoms with van der Waals surface area (Å²) in [5, 5.41) is 0. The Morgan fingerprint density at radius 3 is 2.23 bits per heavy atom. The smallest absolute Gasteiger partial charge is 0.298 e. The van der Waals surface area contributed by atoms with E-state index in [2.05, 4.69) is 8.91 Å². The zero-order valence-electron chi connectivity index (χ0n) is 12.0. The molecule has 9 heteroatoms. The predicted octanol–water partition coefficient (Wildman–Crippen LogP) is 3.10. The summed E-state index contributed by atoms with van der Waals surface area (Å²) in [4.78, 5) is 11.7. The van der Waals surface area contributed by atoms with Crippen molar-refractivity contribution < 1.29 is 17.4 Å². The molecule has 1 aromatic carbocycles. The summed E-state index contributed by atoms with van der Waals surface area (Å²) in [5.41, 5.74) is 1.58. The SMILES string of the molecule is CCc1ccc(C(NS(=O)(=O)OCC(Cl)(Cl)Cl)C(C)=O)cc1. The van der Waals surface area contributed by atoms with Gasteiger partial charge in [0.15, 0.2) is 5.78 Å². The Hall–Kier alpha value is -0.370. The largest absolute Gasteiger partial charge is 0.336 e. The first kappa shape index (κ1) is 19.7. The van der Waals surface area contributed by atoms with Gasteiger partial charge in [-0.1, -0.05) is 66.0 Å². The number of benzene rings is 1. The first-order chi connectivity index (χ1) is 10.0. The van der Waals surface area contributed by atoms with Gasteiger partial charge in [0.2, 0.25) is 3.79 Å². The van der Waals surface area contributed by atoms with Gasteiger partial charge in [0.1, 0.15) is 12.6 Å². The molecule has 0 aliphatic heterocycles. The Kier molecular flexibility index (Phi) is 7.11. The van der Waals surface area contributed by atoms with Crippen LogP contribution in [0.2, 0.25) is 0 Å². The van der Waals surface area contributed by atoms with Crippen LogP contribution in [0.1, 0.15) is 31.0 Å². The van der Waals surface area contributed by atoms with Crippen LogP contribution in [0.5, 0.6) is 0 Å². The van der Waals surface area contributed by atoms with Gasteiger partial charge in [0.25, 0.3) is 0 Å². The Labute approximate surface area is 145 Å². The van der Waals surface area contributed by atoms with Crippen molar-refractivity contribution >= 4 is 50.9 Å². The van der Waals surface area contributed by atoms with Crippen molar-refractivity contribution in [2.45, 2.75) is 30.1 Å². The van der Waals surface area contributed by atoms with E-state index in [0.717, 1.165) is 12.0 Å². The first-order valence-corrected chi connectivity index (χ1v) is 8.91. The van der Waals surface area contributed by atoms with Crippen LogP contribution in [0, 0.1) is 0 Å². The third-order valence-corrected chi connectivity index (χ3v) is 4.05. The Morgan fingerprint density at radius 2 is 1.82 bits per heavy atom. The predicted molar refractivity (Wildman–Crippen MR) is 87.5 cm³/mol. The summed E-state index contributed by atoms with van der Waals surface area (Å²) >= 11 is 16.3. The molecule has 22 heavy (non-hydrogen) atoms. The van der Waals surface area contributed by atoms with Gasteiger partial charge in [0, 0.05) is 0 Å². The Bertz CT molecular complexity index is 611.